The first-order valence-electron chi connectivity index (χ1n) is 9.36. The lowest BCUT2D eigenvalue weighted by Crippen LogP contribution is -2.54. The van der Waals surface area contributed by atoms with Gasteiger partial charge in [0.25, 0.3) is 5.91 Å². The van der Waals surface area contributed by atoms with E-state index in [1.165, 1.54) is 12.8 Å². The van der Waals surface area contributed by atoms with Gasteiger partial charge in [-0.05, 0) is 50.2 Å². The molecule has 2 fully saturated rings. The van der Waals surface area contributed by atoms with E-state index >= 15 is 0 Å². The van der Waals surface area contributed by atoms with Crippen LogP contribution in [0.3, 0.4) is 0 Å². The minimum Gasteiger partial charge on any atom is -0.347 e. The second kappa shape index (κ2) is 7.13. The quantitative estimate of drug-likeness (QED) is 0.589. The molecule has 1 spiro atoms. The number of hydrogen-bond acceptors (Lipinski definition) is 5. The van der Waals surface area contributed by atoms with Gasteiger partial charge in [-0.2, -0.15) is 5.26 Å². The third kappa shape index (κ3) is 3.24. The van der Waals surface area contributed by atoms with Crippen LogP contribution in [0.2, 0.25) is 0 Å². The topological polar surface area (TPSA) is 69.0 Å². The monoisotopic (exact) mass is 402 g/mol. The van der Waals surface area contributed by atoms with Crippen molar-refractivity contribution in [2.45, 2.75) is 51.5 Å². The van der Waals surface area contributed by atoms with E-state index < -0.39 is 11.6 Å². The van der Waals surface area contributed by atoms with Gasteiger partial charge < -0.3 is 5.32 Å². The number of nitrogens with zero attached hydrogens (tertiary/aromatic N) is 3. The standard InChI is InChI=1S/C20H20F2N4OS/c1-12-17(18(27)24-16-4-7-20(16)5-2-3-6-20)25-19(28-12)26(11-23)15-9-13(21)8-14(22)10-15/h8-10,16H,2-7H2,1H3,(H,24,27)/t16-/m0/s1. The molecule has 0 bridgehead atoms. The van der Waals surface area contributed by atoms with E-state index in [-0.39, 0.29) is 33.9 Å². The number of benzene rings is 1. The smallest absolute Gasteiger partial charge is 0.271 e. The first kappa shape index (κ1) is 18.8. The molecule has 1 heterocycles. The average Bonchev–Trinajstić information content (AvgIpc) is 3.27. The van der Waals surface area contributed by atoms with Gasteiger partial charge in [0.15, 0.2) is 6.19 Å². The summed E-state index contributed by atoms with van der Waals surface area (Å²) in [6.45, 7) is 1.75. The van der Waals surface area contributed by atoms with Crippen LogP contribution in [-0.2, 0) is 0 Å². The Bertz CT molecular complexity index is 941. The number of nitrogens with one attached hydrogen (secondary N) is 1. The van der Waals surface area contributed by atoms with Crippen LogP contribution in [0.1, 0.15) is 53.9 Å². The molecule has 2 aromatic rings. The Morgan fingerprint density at radius 2 is 1.96 bits per heavy atom. The van der Waals surface area contributed by atoms with Crippen molar-refractivity contribution in [2.24, 2.45) is 5.41 Å². The van der Waals surface area contributed by atoms with E-state index in [1.807, 2.05) is 6.19 Å². The molecule has 28 heavy (non-hydrogen) atoms. The number of anilines is 2. The fourth-order valence-electron chi connectivity index (χ4n) is 4.39. The van der Waals surface area contributed by atoms with Crippen LogP contribution < -0.4 is 10.2 Å². The van der Waals surface area contributed by atoms with Gasteiger partial charge in [-0.1, -0.05) is 12.8 Å². The Morgan fingerprint density at radius 3 is 2.54 bits per heavy atom. The van der Waals surface area contributed by atoms with Crippen molar-refractivity contribution in [3.05, 3.63) is 40.4 Å². The van der Waals surface area contributed by atoms with Gasteiger partial charge in [0, 0.05) is 17.0 Å². The Kier molecular flexibility index (Phi) is 4.79. The number of amides is 1. The Labute approximate surface area is 166 Å². The molecule has 0 unspecified atom stereocenters. The van der Waals surface area contributed by atoms with Crippen LogP contribution in [0.5, 0.6) is 0 Å². The number of carbonyl (C=O) groups excluding carboxylic acids is 1. The lowest BCUT2D eigenvalue weighted by Gasteiger charge is -2.47. The summed E-state index contributed by atoms with van der Waals surface area (Å²) in [7, 11) is 0. The van der Waals surface area contributed by atoms with Gasteiger partial charge in [-0.3, -0.25) is 4.79 Å². The van der Waals surface area contributed by atoms with Crippen LogP contribution in [-0.4, -0.2) is 16.9 Å². The second-order valence-electron chi connectivity index (χ2n) is 7.60. The molecule has 5 nitrogen and oxygen atoms in total. The minimum absolute atomic E-state index is 0.0320. The molecule has 4 rings (SSSR count). The number of thiazole rings is 1. The number of aryl methyl sites for hydroxylation is 1. The van der Waals surface area contributed by atoms with E-state index in [1.54, 1.807) is 6.92 Å². The normalized spacial score (nSPS) is 19.9. The maximum atomic E-state index is 13.5. The molecule has 2 aliphatic rings. The van der Waals surface area contributed by atoms with Crippen molar-refractivity contribution < 1.29 is 13.6 Å². The van der Waals surface area contributed by atoms with Crippen LogP contribution in [0.4, 0.5) is 19.6 Å². The van der Waals surface area contributed by atoms with Gasteiger partial charge in [0.05, 0.1) is 5.69 Å². The van der Waals surface area contributed by atoms with E-state index in [2.05, 4.69) is 10.3 Å². The number of halogens is 2. The van der Waals surface area contributed by atoms with Crippen molar-refractivity contribution in [1.29, 1.82) is 5.26 Å². The molecule has 1 amide bonds. The highest BCUT2D eigenvalue weighted by atomic mass is 32.1. The van der Waals surface area contributed by atoms with E-state index in [9.17, 15) is 18.8 Å². The molecule has 2 saturated carbocycles. The van der Waals surface area contributed by atoms with Crippen molar-refractivity contribution in [3.63, 3.8) is 0 Å². The maximum absolute atomic E-state index is 13.5. The molecule has 146 valence electrons. The molecule has 1 aromatic carbocycles. The Hall–Kier alpha value is -2.53. The molecular weight excluding hydrogens is 382 g/mol. The summed E-state index contributed by atoms with van der Waals surface area (Å²) in [4.78, 5) is 18.8. The highest BCUT2D eigenvalue weighted by Crippen LogP contribution is 2.53. The highest BCUT2D eigenvalue weighted by Gasteiger charge is 2.48. The molecule has 1 atom stereocenters. The van der Waals surface area contributed by atoms with Crippen molar-refractivity contribution in [2.75, 3.05) is 4.90 Å². The van der Waals surface area contributed by atoms with Gasteiger partial charge in [-0.15, -0.1) is 11.3 Å². The zero-order valence-electron chi connectivity index (χ0n) is 15.5. The van der Waals surface area contributed by atoms with Crippen LogP contribution in [0, 0.1) is 35.4 Å². The van der Waals surface area contributed by atoms with E-state index in [4.69, 9.17) is 0 Å². The van der Waals surface area contributed by atoms with Crippen molar-refractivity contribution in [3.8, 4) is 6.19 Å². The zero-order valence-corrected chi connectivity index (χ0v) is 16.3. The number of aromatic nitrogens is 1. The summed E-state index contributed by atoms with van der Waals surface area (Å²) in [5.41, 5.74) is 0.544. The van der Waals surface area contributed by atoms with E-state index in [0.29, 0.717) is 4.88 Å². The molecule has 0 aliphatic heterocycles. The minimum atomic E-state index is -0.784. The van der Waals surface area contributed by atoms with Gasteiger partial charge in [-0.25, -0.2) is 18.7 Å². The molecular formula is C20H20F2N4OS. The summed E-state index contributed by atoms with van der Waals surface area (Å²) in [5.74, 6) is -1.82. The van der Waals surface area contributed by atoms with E-state index in [0.717, 1.165) is 60.1 Å². The lowest BCUT2D eigenvalue weighted by molar-refractivity contribution is 0.0579. The number of nitriles is 1. The first-order chi connectivity index (χ1) is 13.4. The van der Waals surface area contributed by atoms with Crippen LogP contribution >= 0.6 is 11.3 Å². The number of rotatable bonds is 4. The maximum Gasteiger partial charge on any atom is 0.271 e. The fourth-order valence-corrected chi connectivity index (χ4v) is 5.28. The summed E-state index contributed by atoms with van der Waals surface area (Å²) in [6.07, 6.45) is 8.78. The lowest BCUT2D eigenvalue weighted by atomic mass is 9.63. The predicted molar refractivity (Wildman–Crippen MR) is 102 cm³/mol. The average molecular weight is 402 g/mol. The first-order valence-corrected chi connectivity index (χ1v) is 10.2. The third-order valence-electron chi connectivity index (χ3n) is 5.97. The van der Waals surface area contributed by atoms with Gasteiger partial charge >= 0.3 is 0 Å². The Balaban J connectivity index is 1.55. The fraction of sp³-hybridized carbons (Fsp3) is 0.450. The summed E-state index contributed by atoms with van der Waals surface area (Å²) in [6, 6.07) is 3.03. The van der Waals surface area contributed by atoms with Crippen molar-refractivity contribution >= 4 is 28.1 Å². The van der Waals surface area contributed by atoms with Gasteiger partial charge in [0.1, 0.15) is 17.3 Å². The Morgan fingerprint density at radius 1 is 1.29 bits per heavy atom. The molecule has 1 N–H and O–H groups in total. The predicted octanol–water partition coefficient (Wildman–Crippen LogP) is 4.80. The summed E-state index contributed by atoms with van der Waals surface area (Å²) >= 11 is 1.14. The molecule has 0 radical (unpaired) electrons. The summed E-state index contributed by atoms with van der Waals surface area (Å²) in [5, 5.41) is 12.8. The SMILES string of the molecule is Cc1sc(N(C#N)c2cc(F)cc(F)c2)nc1C(=O)N[C@H]1CCC12CCCC2. The van der Waals surface area contributed by atoms with Crippen molar-refractivity contribution in [1.82, 2.24) is 10.3 Å². The van der Waals surface area contributed by atoms with Gasteiger partial charge in [0.2, 0.25) is 5.13 Å². The number of hydrogen-bond donors (Lipinski definition) is 1. The molecule has 0 saturated heterocycles. The molecule has 1 aromatic heterocycles. The second-order valence-corrected chi connectivity index (χ2v) is 8.78. The molecule has 2 aliphatic carbocycles. The molecule has 8 heteroatoms. The van der Waals surface area contributed by atoms with Crippen LogP contribution in [0.25, 0.3) is 0 Å². The zero-order chi connectivity index (χ0) is 19.9. The highest BCUT2D eigenvalue weighted by molar-refractivity contribution is 7.16. The summed E-state index contributed by atoms with van der Waals surface area (Å²) < 4.78 is 27.1. The number of carbonyl (C=O) groups is 1. The largest absolute Gasteiger partial charge is 0.347 e. The third-order valence-corrected chi connectivity index (χ3v) is 6.93. The van der Waals surface area contributed by atoms with Crippen LogP contribution in [0.15, 0.2) is 18.2 Å².